The Morgan fingerprint density at radius 2 is 1.69 bits per heavy atom. The maximum atomic E-state index is 6.19. The zero-order chi connectivity index (χ0) is 17.9. The Kier molecular flexibility index (Phi) is 4.77. The molecule has 2 nitrogen and oxygen atoms in total. The highest BCUT2D eigenvalue weighted by Crippen LogP contribution is 2.31. The van der Waals surface area contributed by atoms with Crippen molar-refractivity contribution in [2.75, 3.05) is 7.11 Å². The molecule has 0 spiro atoms. The topological polar surface area (TPSA) is 22.1 Å². The summed E-state index contributed by atoms with van der Waals surface area (Å²) in [6.45, 7) is 0. The molecule has 0 aliphatic heterocycles. The van der Waals surface area contributed by atoms with Gasteiger partial charge in [-0.25, -0.2) is 4.98 Å². The van der Waals surface area contributed by atoms with Gasteiger partial charge in [0, 0.05) is 15.8 Å². The molecule has 0 saturated carbocycles. The van der Waals surface area contributed by atoms with Gasteiger partial charge in [0.15, 0.2) is 0 Å². The summed E-state index contributed by atoms with van der Waals surface area (Å²) in [5.74, 6) is 0.858. The summed E-state index contributed by atoms with van der Waals surface area (Å²) in [4.78, 5) is 4.80. The van der Waals surface area contributed by atoms with Gasteiger partial charge in [0.25, 0.3) is 0 Å². The highest BCUT2D eigenvalue weighted by molar-refractivity contribution is 6.31. The van der Waals surface area contributed by atoms with Crippen LogP contribution in [0, 0.1) is 0 Å². The van der Waals surface area contributed by atoms with Crippen LogP contribution in [-0.2, 0) is 12.8 Å². The highest BCUT2D eigenvalue weighted by Gasteiger charge is 2.11. The zero-order valence-corrected chi connectivity index (χ0v) is 15.5. The lowest BCUT2D eigenvalue weighted by molar-refractivity contribution is 0.415. The number of methoxy groups -OCH3 is 1. The largest absolute Gasteiger partial charge is 0.497 e. The quantitative estimate of drug-likeness (QED) is 0.393. The summed E-state index contributed by atoms with van der Waals surface area (Å²) in [7, 11) is 1.70. The molecule has 0 radical (unpaired) electrons. The predicted molar refractivity (Wildman–Crippen MR) is 109 cm³/mol. The maximum Gasteiger partial charge on any atom is 0.119 e. The van der Waals surface area contributed by atoms with Crippen LogP contribution in [0.1, 0.15) is 17.5 Å². The molecule has 0 N–H and O–H groups in total. The number of aryl methyl sites for hydroxylation is 2. The van der Waals surface area contributed by atoms with Crippen LogP contribution < -0.4 is 4.74 Å². The van der Waals surface area contributed by atoms with Gasteiger partial charge in [-0.3, -0.25) is 0 Å². The summed E-state index contributed by atoms with van der Waals surface area (Å²) in [6.07, 6.45) is 3.13. The number of fused-ring (bicyclic) bond motifs is 2. The third-order valence-electron chi connectivity index (χ3n) is 4.79. The van der Waals surface area contributed by atoms with Crippen molar-refractivity contribution in [2.45, 2.75) is 19.3 Å². The van der Waals surface area contributed by atoms with Gasteiger partial charge in [-0.15, -0.1) is 0 Å². The molecular weight excluding hydrogens is 342 g/mol. The van der Waals surface area contributed by atoms with Gasteiger partial charge in [0.05, 0.1) is 18.1 Å². The van der Waals surface area contributed by atoms with Crippen LogP contribution in [0.3, 0.4) is 0 Å². The summed E-state index contributed by atoms with van der Waals surface area (Å²) in [5, 5.41) is 3.04. The van der Waals surface area contributed by atoms with Gasteiger partial charge in [-0.2, -0.15) is 0 Å². The number of pyridine rings is 1. The minimum absolute atomic E-state index is 0.716. The van der Waals surface area contributed by atoms with E-state index in [1.54, 1.807) is 7.11 Å². The minimum Gasteiger partial charge on any atom is -0.497 e. The van der Waals surface area contributed by atoms with Gasteiger partial charge < -0.3 is 4.74 Å². The third kappa shape index (κ3) is 3.38. The van der Waals surface area contributed by atoms with Gasteiger partial charge in [-0.1, -0.05) is 48.0 Å². The number of aromatic nitrogens is 1. The van der Waals surface area contributed by atoms with E-state index in [1.165, 1.54) is 16.5 Å². The first-order valence-corrected chi connectivity index (χ1v) is 9.22. The van der Waals surface area contributed by atoms with Crippen LogP contribution in [0.2, 0.25) is 5.02 Å². The summed E-state index contributed by atoms with van der Waals surface area (Å²) in [5.41, 5.74) is 4.62. The number of hydrogen-bond donors (Lipinski definition) is 0. The first-order chi connectivity index (χ1) is 12.7. The second-order valence-electron chi connectivity index (χ2n) is 6.47. The van der Waals surface area contributed by atoms with E-state index in [-0.39, 0.29) is 0 Å². The lowest BCUT2D eigenvalue weighted by atomic mass is 9.96. The first kappa shape index (κ1) is 16.9. The molecule has 130 valence electrons. The molecule has 0 unspecified atom stereocenters. The van der Waals surface area contributed by atoms with E-state index < -0.39 is 0 Å². The Labute approximate surface area is 158 Å². The molecule has 0 atom stereocenters. The van der Waals surface area contributed by atoms with E-state index >= 15 is 0 Å². The van der Waals surface area contributed by atoms with Crippen LogP contribution in [0.25, 0.3) is 21.8 Å². The lowest BCUT2D eigenvalue weighted by Crippen LogP contribution is -1.96. The van der Waals surface area contributed by atoms with Crippen molar-refractivity contribution in [1.82, 2.24) is 4.98 Å². The molecule has 0 saturated heterocycles. The van der Waals surface area contributed by atoms with Crippen LogP contribution in [0.4, 0.5) is 0 Å². The number of halogens is 1. The van der Waals surface area contributed by atoms with Crippen molar-refractivity contribution in [1.29, 1.82) is 0 Å². The fourth-order valence-electron chi connectivity index (χ4n) is 3.49. The molecule has 0 aliphatic rings. The second kappa shape index (κ2) is 7.35. The molecule has 4 rings (SSSR count). The summed E-state index contributed by atoms with van der Waals surface area (Å²) < 4.78 is 5.43. The van der Waals surface area contributed by atoms with E-state index in [2.05, 4.69) is 42.5 Å². The fraction of sp³-hybridized carbons (Fsp3) is 0.174. The number of rotatable bonds is 5. The van der Waals surface area contributed by atoms with Crippen molar-refractivity contribution in [3.63, 3.8) is 0 Å². The Morgan fingerprint density at radius 3 is 2.50 bits per heavy atom. The molecular formula is C23H20ClNO. The highest BCUT2D eigenvalue weighted by atomic mass is 35.5. The minimum atomic E-state index is 0.716. The van der Waals surface area contributed by atoms with Crippen molar-refractivity contribution < 1.29 is 4.74 Å². The third-order valence-corrected chi connectivity index (χ3v) is 5.02. The predicted octanol–water partition coefficient (Wildman–Crippen LogP) is 6.23. The number of hydrogen-bond acceptors (Lipinski definition) is 2. The molecule has 1 heterocycles. The smallest absolute Gasteiger partial charge is 0.119 e. The van der Waals surface area contributed by atoms with Gasteiger partial charge in [-0.05, 0) is 60.7 Å². The van der Waals surface area contributed by atoms with Crippen molar-refractivity contribution >= 4 is 33.4 Å². The van der Waals surface area contributed by atoms with Crippen molar-refractivity contribution in [3.8, 4) is 5.75 Å². The van der Waals surface area contributed by atoms with Gasteiger partial charge >= 0.3 is 0 Å². The Hall–Kier alpha value is -2.58. The van der Waals surface area contributed by atoms with Crippen molar-refractivity contribution in [2.24, 2.45) is 0 Å². The molecule has 3 aromatic carbocycles. The average molecular weight is 362 g/mol. The average Bonchev–Trinajstić information content (AvgIpc) is 2.67. The molecule has 26 heavy (non-hydrogen) atoms. The van der Waals surface area contributed by atoms with Gasteiger partial charge in [0.1, 0.15) is 5.75 Å². The van der Waals surface area contributed by atoms with Gasteiger partial charge in [0.2, 0.25) is 0 Å². The number of benzene rings is 3. The molecule has 0 fully saturated rings. The summed E-state index contributed by atoms with van der Waals surface area (Å²) in [6, 6.07) is 22.7. The number of nitrogens with zero attached hydrogens (tertiary/aromatic N) is 1. The Balaban J connectivity index is 1.77. The fourth-order valence-corrected chi connectivity index (χ4v) is 3.66. The molecule has 0 amide bonds. The first-order valence-electron chi connectivity index (χ1n) is 8.84. The van der Waals surface area contributed by atoms with E-state index in [9.17, 15) is 0 Å². The molecule has 0 aliphatic carbocycles. The normalized spacial score (nSPS) is 11.2. The van der Waals surface area contributed by atoms with E-state index in [4.69, 9.17) is 21.3 Å². The van der Waals surface area contributed by atoms with Crippen molar-refractivity contribution in [3.05, 3.63) is 82.9 Å². The Morgan fingerprint density at radius 1 is 0.846 bits per heavy atom. The summed E-state index contributed by atoms with van der Waals surface area (Å²) >= 11 is 6.19. The lowest BCUT2D eigenvalue weighted by Gasteiger charge is -2.12. The van der Waals surface area contributed by atoms with Crippen LogP contribution in [0.5, 0.6) is 5.75 Å². The number of ether oxygens (including phenoxy) is 1. The van der Waals surface area contributed by atoms with Crippen LogP contribution in [0.15, 0.2) is 66.7 Å². The molecule has 1 aromatic heterocycles. The van der Waals surface area contributed by atoms with Crippen LogP contribution in [-0.4, -0.2) is 12.1 Å². The molecule has 0 bridgehead atoms. The monoisotopic (exact) mass is 361 g/mol. The van der Waals surface area contributed by atoms with Crippen LogP contribution >= 0.6 is 11.6 Å². The van der Waals surface area contributed by atoms with E-state index in [0.717, 1.165) is 41.4 Å². The second-order valence-corrected chi connectivity index (χ2v) is 6.91. The van der Waals surface area contributed by atoms with E-state index in [0.29, 0.717) is 5.02 Å². The molecule has 3 heteroatoms. The van der Waals surface area contributed by atoms with E-state index in [1.807, 2.05) is 24.3 Å². The SMILES string of the molecule is COc1ccc2nc3cc(Cl)ccc3c(CCCc3ccccc3)c2c1. The standard InChI is InChI=1S/C23H20ClNO/c1-26-18-11-13-22-21(15-18)19(9-5-8-16-6-3-2-4-7-16)20-12-10-17(24)14-23(20)25-22/h2-4,6-7,10-15H,5,8-9H2,1H3. The molecule has 4 aromatic rings. The zero-order valence-electron chi connectivity index (χ0n) is 14.7. The Bertz CT molecular complexity index is 1060. The maximum absolute atomic E-state index is 6.19.